The molecule has 42 heavy (non-hydrogen) atoms. The summed E-state index contributed by atoms with van der Waals surface area (Å²) in [5, 5.41) is 0.394. The van der Waals surface area contributed by atoms with E-state index in [0.717, 1.165) is 56.6 Å². The van der Waals surface area contributed by atoms with Gasteiger partial charge >= 0.3 is 0 Å². The Kier molecular flexibility index (Phi) is 22.0. The van der Waals surface area contributed by atoms with Gasteiger partial charge in [0, 0.05) is 49.5 Å². The molecule has 1 aliphatic carbocycles. The number of carbonyl (C=O) groups is 1. The van der Waals surface area contributed by atoms with Gasteiger partial charge in [0.05, 0.1) is 12.8 Å². The molecule has 0 bridgehead atoms. The number of fused-ring (bicyclic) bond motifs is 1. The summed E-state index contributed by atoms with van der Waals surface area (Å²) in [6, 6.07) is 1.75. The lowest BCUT2D eigenvalue weighted by Crippen LogP contribution is -2.32. The molecule has 1 aliphatic heterocycles. The average Bonchev–Trinajstić information content (AvgIpc) is 3.44. The van der Waals surface area contributed by atoms with E-state index in [0.29, 0.717) is 29.7 Å². The minimum absolute atomic E-state index is 0.394. The van der Waals surface area contributed by atoms with Gasteiger partial charge in [0.1, 0.15) is 12.1 Å². The first-order valence-electron chi connectivity index (χ1n) is 15.4. The van der Waals surface area contributed by atoms with Crippen molar-refractivity contribution in [3.8, 4) is 11.1 Å². The molecule has 1 saturated carbocycles. The van der Waals surface area contributed by atoms with E-state index in [9.17, 15) is 13.6 Å². The molecule has 0 radical (unpaired) electrons. The van der Waals surface area contributed by atoms with Gasteiger partial charge in [-0.15, -0.1) is 0 Å². The van der Waals surface area contributed by atoms with Crippen LogP contribution in [-0.4, -0.2) is 65.9 Å². The molecule has 3 heterocycles. The van der Waals surface area contributed by atoms with Crippen molar-refractivity contribution in [1.82, 2.24) is 19.9 Å². The van der Waals surface area contributed by atoms with Crippen LogP contribution < -0.4 is 15.2 Å². The van der Waals surface area contributed by atoms with Crippen LogP contribution in [-0.2, 0) is 24.2 Å². The van der Waals surface area contributed by atoms with Gasteiger partial charge in [-0.05, 0) is 39.3 Å². The first-order chi connectivity index (χ1) is 20.3. The van der Waals surface area contributed by atoms with Crippen LogP contribution in [0, 0.1) is 12.8 Å². The van der Waals surface area contributed by atoms with Crippen LogP contribution in [0.25, 0.3) is 0 Å². The second kappa shape index (κ2) is 23.2. The first kappa shape index (κ1) is 39.8. The molecule has 242 valence electrons. The number of aromatic nitrogens is 3. The second-order valence-electron chi connectivity index (χ2n) is 9.70. The van der Waals surface area contributed by atoms with E-state index in [1.54, 1.807) is 13.2 Å². The van der Waals surface area contributed by atoms with Crippen molar-refractivity contribution < 1.29 is 23.0 Å². The molecule has 2 aliphatic rings. The topological polar surface area (TPSA) is 103 Å². The fourth-order valence-corrected chi connectivity index (χ4v) is 5.42. The Labute approximate surface area is 256 Å². The third kappa shape index (κ3) is 16.4. The minimum atomic E-state index is -2.81. The maximum Gasteiger partial charge on any atom is 0.278 e. The van der Waals surface area contributed by atoms with Crippen molar-refractivity contribution in [3.05, 3.63) is 28.2 Å². The molecule has 2 aromatic rings. The molecule has 11 heteroatoms. The first-order valence-corrected chi connectivity index (χ1v) is 16.2. The molecule has 0 aromatic carbocycles. The monoisotopic (exact) mass is 615 g/mol. The third-order valence-electron chi connectivity index (χ3n) is 6.39. The normalized spacial score (nSPS) is 14.6. The molecule has 2 aromatic heterocycles. The number of ether oxygens (including phenoxy) is 2. The third-order valence-corrected chi connectivity index (χ3v) is 7.46. The predicted molar refractivity (Wildman–Crippen MR) is 169 cm³/mol. The number of aryl methyl sites for hydroxylation is 2. The van der Waals surface area contributed by atoms with Gasteiger partial charge in [-0.2, -0.15) is 4.98 Å². The molecule has 4 rings (SSSR count). The summed E-state index contributed by atoms with van der Waals surface area (Å²) in [5.41, 5.74) is 6.38. The maximum atomic E-state index is 12.9. The highest BCUT2D eigenvalue weighted by atomic mass is 32.1. The van der Waals surface area contributed by atoms with Gasteiger partial charge in [-0.3, -0.25) is 4.90 Å². The van der Waals surface area contributed by atoms with E-state index >= 15 is 0 Å². The zero-order valence-corrected chi connectivity index (χ0v) is 28.0. The van der Waals surface area contributed by atoms with E-state index in [1.807, 2.05) is 34.6 Å². The van der Waals surface area contributed by atoms with Crippen molar-refractivity contribution in [1.29, 1.82) is 0 Å². The van der Waals surface area contributed by atoms with Crippen LogP contribution in [0.2, 0.25) is 0 Å². The Hall–Kier alpha value is -2.24. The van der Waals surface area contributed by atoms with Gasteiger partial charge < -0.3 is 20.0 Å². The zero-order valence-electron chi connectivity index (χ0n) is 27.2. The minimum Gasteiger partial charge on any atom is -0.481 e. The molecule has 2 N–H and O–H groups in total. The van der Waals surface area contributed by atoms with E-state index in [4.69, 9.17) is 9.47 Å². The molecule has 8 nitrogen and oxygen atoms in total. The summed E-state index contributed by atoms with van der Waals surface area (Å²) in [7, 11) is 3.06. The van der Waals surface area contributed by atoms with Crippen molar-refractivity contribution in [2.24, 2.45) is 11.7 Å². The van der Waals surface area contributed by atoms with Crippen LogP contribution >= 0.6 is 11.3 Å². The van der Waals surface area contributed by atoms with E-state index in [1.165, 1.54) is 61.8 Å². The van der Waals surface area contributed by atoms with Crippen LogP contribution in [0.4, 0.5) is 8.78 Å². The number of alkyl halides is 2. The number of methoxy groups -OCH3 is 1. The molecule has 0 saturated heterocycles. The van der Waals surface area contributed by atoms with E-state index < -0.39 is 12.5 Å². The van der Waals surface area contributed by atoms with E-state index in [2.05, 4.69) is 25.6 Å². The average molecular weight is 616 g/mol. The van der Waals surface area contributed by atoms with Crippen LogP contribution in [0.3, 0.4) is 0 Å². The molecular formula is C31H55F2N5O3S. The number of rotatable bonds is 10. The molecule has 1 fully saturated rings. The van der Waals surface area contributed by atoms with Crippen molar-refractivity contribution >= 4 is 17.6 Å². The van der Waals surface area contributed by atoms with Gasteiger partial charge in [-0.25, -0.2) is 18.7 Å². The Balaban J connectivity index is 0.000000754. The Morgan fingerprint density at radius 1 is 1.12 bits per heavy atom. The Morgan fingerprint density at radius 2 is 1.79 bits per heavy atom. The molecule has 0 unspecified atom stereocenters. The van der Waals surface area contributed by atoms with Crippen LogP contribution in [0.1, 0.15) is 102 Å². The molecular weight excluding hydrogens is 560 g/mol. The summed E-state index contributed by atoms with van der Waals surface area (Å²) in [4.78, 5) is 26.5. The van der Waals surface area contributed by atoms with Gasteiger partial charge in [0.15, 0.2) is 6.61 Å². The number of nitrogens with zero attached hydrogens (tertiary/aromatic N) is 4. The largest absolute Gasteiger partial charge is 0.481 e. The quantitative estimate of drug-likeness (QED) is 0.284. The lowest BCUT2D eigenvalue weighted by atomic mass is 9.87. The lowest BCUT2D eigenvalue weighted by molar-refractivity contribution is -0.107. The highest BCUT2D eigenvalue weighted by molar-refractivity contribution is 7.13. The predicted octanol–water partition coefficient (Wildman–Crippen LogP) is 7.06. The maximum absolute atomic E-state index is 12.9. The van der Waals surface area contributed by atoms with Crippen molar-refractivity contribution in [2.75, 3.05) is 33.9 Å². The fraction of sp³-hybridized carbons (Fsp3) is 0.742. The number of hydrogen-bond donors (Lipinski definition) is 1. The standard InChI is InChI=1S/C17H26F2N2OS.C9H12N2O2.2C2H6.CH5N/c1-17(18,19)12-22-16-20-14-11-21(10-8-15(14)23-16)9-7-13-5-3-2-4-6-13;1-7-6-9(13-2)11-8(10-7)4-3-5-12;3*1-2/h13H,2-12H2,1H3;5-6H,3-4H2,1-2H3;2*1-2H3;2H2,1H3. The number of thiazole rings is 1. The second-order valence-corrected chi connectivity index (χ2v) is 10.7. The van der Waals surface area contributed by atoms with Gasteiger partial charge in [0.2, 0.25) is 5.88 Å². The van der Waals surface area contributed by atoms with Crippen LogP contribution in [0.5, 0.6) is 11.1 Å². The molecule has 0 amide bonds. The summed E-state index contributed by atoms with van der Waals surface area (Å²) in [5.74, 6) is -0.707. The highest BCUT2D eigenvalue weighted by Gasteiger charge is 2.26. The number of aldehydes is 1. The number of carbonyl (C=O) groups excluding carboxylic acids is 1. The SMILES string of the molecule is CC.CC.CC(F)(F)COc1nc2c(s1)CCN(CCC1CCCCC1)C2.CN.COc1cc(C)nc(CCC=O)n1. The molecule has 0 spiro atoms. The van der Waals surface area contributed by atoms with E-state index in [-0.39, 0.29) is 0 Å². The highest BCUT2D eigenvalue weighted by Crippen LogP contribution is 2.32. The summed E-state index contributed by atoms with van der Waals surface area (Å²) in [6.45, 7) is 13.2. The molecule has 0 atom stereocenters. The van der Waals surface area contributed by atoms with Gasteiger partial charge in [0.25, 0.3) is 11.1 Å². The smallest absolute Gasteiger partial charge is 0.278 e. The summed E-state index contributed by atoms with van der Waals surface area (Å²) >= 11 is 1.43. The Bertz CT molecular complexity index is 967. The fourth-order valence-electron chi connectivity index (χ4n) is 4.51. The number of halogens is 2. The summed E-state index contributed by atoms with van der Waals surface area (Å²) in [6.07, 6.45) is 11.1. The van der Waals surface area contributed by atoms with Crippen molar-refractivity contribution in [2.45, 2.75) is 112 Å². The summed E-state index contributed by atoms with van der Waals surface area (Å²) < 4.78 is 35.9. The Morgan fingerprint density at radius 3 is 2.38 bits per heavy atom. The van der Waals surface area contributed by atoms with Gasteiger partial charge in [-0.1, -0.05) is 71.1 Å². The zero-order chi connectivity index (χ0) is 32.0. The number of nitrogens with two attached hydrogens (primary N) is 1. The lowest BCUT2D eigenvalue weighted by Gasteiger charge is -2.29. The van der Waals surface area contributed by atoms with Crippen LogP contribution in [0.15, 0.2) is 6.07 Å². The number of hydrogen-bond acceptors (Lipinski definition) is 9. The van der Waals surface area contributed by atoms with Crippen molar-refractivity contribution in [3.63, 3.8) is 0 Å².